The van der Waals surface area contributed by atoms with Gasteiger partial charge in [0, 0.05) is 12.2 Å². The number of aliphatic carboxylic acids is 1. The third-order valence-corrected chi connectivity index (χ3v) is 4.27. The molecule has 120 valence electrons. The molecule has 6 heteroatoms. The number of carbonyl (C=O) groups is 2. The van der Waals surface area contributed by atoms with Crippen LogP contribution in [0.5, 0.6) is 0 Å². The number of carboxylic acids is 1. The molecule has 2 N–H and O–H groups in total. The second kappa shape index (κ2) is 6.24. The maximum Gasteiger partial charge on any atom is 0.310 e. The van der Waals surface area contributed by atoms with Gasteiger partial charge < -0.3 is 10.4 Å². The minimum atomic E-state index is -0.867. The molecule has 1 aromatic heterocycles. The first-order chi connectivity index (χ1) is 11.1. The summed E-state index contributed by atoms with van der Waals surface area (Å²) in [5.41, 5.74) is 2.96. The third kappa shape index (κ3) is 3.11. The van der Waals surface area contributed by atoms with Gasteiger partial charge in [0.2, 0.25) is 0 Å². The summed E-state index contributed by atoms with van der Waals surface area (Å²) >= 11 is 0. The summed E-state index contributed by atoms with van der Waals surface area (Å²) in [4.78, 5) is 23.4. The molecule has 1 amide bonds. The Hall–Kier alpha value is -2.63. The van der Waals surface area contributed by atoms with Crippen LogP contribution in [-0.2, 0) is 17.8 Å². The van der Waals surface area contributed by atoms with Crippen molar-refractivity contribution >= 4 is 17.6 Å². The molecule has 1 aliphatic rings. The van der Waals surface area contributed by atoms with Crippen LogP contribution in [0, 0.1) is 0 Å². The summed E-state index contributed by atoms with van der Waals surface area (Å²) in [6.45, 7) is 2.50. The number of nitrogens with zero attached hydrogens (tertiary/aromatic N) is 2. The molecule has 0 aliphatic carbocycles. The number of rotatable bonds is 4. The first-order valence-electron chi connectivity index (χ1n) is 7.75. The number of nitrogens with one attached hydrogen (secondary N) is 1. The Bertz CT molecular complexity index is 734. The summed E-state index contributed by atoms with van der Waals surface area (Å²) in [5.74, 6) is -1.61. The van der Waals surface area contributed by atoms with Gasteiger partial charge in [-0.15, -0.1) is 0 Å². The third-order valence-electron chi connectivity index (χ3n) is 4.27. The van der Waals surface area contributed by atoms with Gasteiger partial charge in [-0.05, 0) is 43.9 Å². The number of hydrogen-bond donors (Lipinski definition) is 2. The number of aromatic nitrogens is 2. The largest absolute Gasteiger partial charge is 0.481 e. The van der Waals surface area contributed by atoms with Gasteiger partial charge in [0.25, 0.3) is 5.91 Å². The summed E-state index contributed by atoms with van der Waals surface area (Å²) in [5, 5.41) is 16.1. The molecule has 23 heavy (non-hydrogen) atoms. The van der Waals surface area contributed by atoms with Crippen molar-refractivity contribution in [1.82, 2.24) is 9.78 Å². The van der Waals surface area contributed by atoms with Crippen molar-refractivity contribution in [2.45, 2.75) is 38.6 Å². The molecule has 0 spiro atoms. The fourth-order valence-corrected chi connectivity index (χ4v) is 2.81. The quantitative estimate of drug-likeness (QED) is 0.909. The minimum absolute atomic E-state index is 0.174. The molecule has 1 aliphatic heterocycles. The van der Waals surface area contributed by atoms with E-state index in [0.29, 0.717) is 16.8 Å². The van der Waals surface area contributed by atoms with E-state index < -0.39 is 11.9 Å². The predicted molar refractivity (Wildman–Crippen MR) is 85.6 cm³/mol. The normalized spacial score (nSPS) is 14.8. The Morgan fingerprint density at radius 3 is 2.70 bits per heavy atom. The van der Waals surface area contributed by atoms with Gasteiger partial charge in [-0.2, -0.15) is 5.10 Å². The van der Waals surface area contributed by atoms with Gasteiger partial charge in [0.1, 0.15) is 0 Å². The molecule has 6 nitrogen and oxygen atoms in total. The van der Waals surface area contributed by atoms with E-state index in [4.69, 9.17) is 5.11 Å². The average molecular weight is 313 g/mol. The van der Waals surface area contributed by atoms with E-state index in [2.05, 4.69) is 10.4 Å². The number of fused-ring (bicyclic) bond motifs is 1. The molecule has 2 aromatic rings. The SMILES string of the molecule is CC(C(=O)O)c1ccc(NC(=O)c2cnn3c2CCCC3)cc1. The van der Waals surface area contributed by atoms with Gasteiger partial charge in [0.05, 0.1) is 23.4 Å². The van der Waals surface area contributed by atoms with Crippen LogP contribution in [0.3, 0.4) is 0 Å². The number of hydrogen-bond acceptors (Lipinski definition) is 3. The number of amides is 1. The smallest absolute Gasteiger partial charge is 0.310 e. The van der Waals surface area contributed by atoms with Gasteiger partial charge in [0.15, 0.2) is 0 Å². The highest BCUT2D eigenvalue weighted by atomic mass is 16.4. The van der Waals surface area contributed by atoms with Gasteiger partial charge in [-0.3, -0.25) is 14.3 Å². The lowest BCUT2D eigenvalue weighted by molar-refractivity contribution is -0.138. The second-order valence-electron chi connectivity index (χ2n) is 5.82. The van der Waals surface area contributed by atoms with Crippen molar-refractivity contribution in [1.29, 1.82) is 0 Å². The highest BCUT2D eigenvalue weighted by Crippen LogP contribution is 2.21. The lowest BCUT2D eigenvalue weighted by Crippen LogP contribution is -2.17. The predicted octanol–water partition coefficient (Wildman–Crippen LogP) is 2.66. The average Bonchev–Trinajstić information content (AvgIpc) is 2.99. The molecule has 2 heterocycles. The van der Waals surface area contributed by atoms with Crippen LogP contribution in [0.2, 0.25) is 0 Å². The zero-order valence-electron chi connectivity index (χ0n) is 13.0. The summed E-state index contributed by atoms with van der Waals surface area (Å²) in [7, 11) is 0. The molecule has 0 saturated heterocycles. The highest BCUT2D eigenvalue weighted by Gasteiger charge is 2.20. The zero-order valence-corrected chi connectivity index (χ0v) is 13.0. The van der Waals surface area contributed by atoms with E-state index in [1.165, 1.54) is 0 Å². The fraction of sp³-hybridized carbons (Fsp3) is 0.353. The van der Waals surface area contributed by atoms with Crippen LogP contribution in [0.15, 0.2) is 30.5 Å². The molecule has 0 radical (unpaired) electrons. The molecule has 1 atom stereocenters. The molecule has 0 bridgehead atoms. The van der Waals surface area contributed by atoms with E-state index in [-0.39, 0.29) is 5.91 Å². The molecular formula is C17H19N3O3. The summed E-state index contributed by atoms with van der Waals surface area (Å²) < 4.78 is 1.90. The van der Waals surface area contributed by atoms with Crippen LogP contribution in [0.4, 0.5) is 5.69 Å². The monoisotopic (exact) mass is 313 g/mol. The topological polar surface area (TPSA) is 84.2 Å². The highest BCUT2D eigenvalue weighted by molar-refractivity contribution is 6.05. The Balaban J connectivity index is 1.73. The van der Waals surface area contributed by atoms with E-state index in [9.17, 15) is 9.59 Å². The Labute approximate surface area is 134 Å². The van der Waals surface area contributed by atoms with Gasteiger partial charge in [-0.1, -0.05) is 12.1 Å². The fourth-order valence-electron chi connectivity index (χ4n) is 2.81. The molecule has 1 unspecified atom stereocenters. The summed E-state index contributed by atoms with van der Waals surface area (Å²) in [6.07, 6.45) is 4.67. The van der Waals surface area contributed by atoms with E-state index in [0.717, 1.165) is 31.5 Å². The zero-order chi connectivity index (χ0) is 16.4. The minimum Gasteiger partial charge on any atom is -0.481 e. The van der Waals surface area contributed by atoms with Crippen molar-refractivity contribution in [3.05, 3.63) is 47.3 Å². The number of anilines is 1. The maximum absolute atomic E-state index is 12.4. The van der Waals surface area contributed by atoms with Crippen molar-refractivity contribution in [2.24, 2.45) is 0 Å². The van der Waals surface area contributed by atoms with E-state index >= 15 is 0 Å². The first-order valence-corrected chi connectivity index (χ1v) is 7.75. The lowest BCUT2D eigenvalue weighted by Gasteiger charge is -2.14. The lowest BCUT2D eigenvalue weighted by atomic mass is 10.0. The van der Waals surface area contributed by atoms with Crippen molar-refractivity contribution in [3.63, 3.8) is 0 Å². The van der Waals surface area contributed by atoms with Crippen LogP contribution in [-0.4, -0.2) is 26.8 Å². The number of aryl methyl sites for hydroxylation is 1. The van der Waals surface area contributed by atoms with Gasteiger partial charge >= 0.3 is 5.97 Å². The van der Waals surface area contributed by atoms with Crippen molar-refractivity contribution < 1.29 is 14.7 Å². The summed E-state index contributed by atoms with van der Waals surface area (Å²) in [6, 6.07) is 6.90. The van der Waals surface area contributed by atoms with Crippen LogP contribution >= 0.6 is 0 Å². The Kier molecular flexibility index (Phi) is 4.14. The number of benzene rings is 1. The second-order valence-corrected chi connectivity index (χ2v) is 5.82. The molecule has 0 fully saturated rings. The molecule has 1 aromatic carbocycles. The van der Waals surface area contributed by atoms with Gasteiger partial charge in [-0.25, -0.2) is 0 Å². The van der Waals surface area contributed by atoms with Crippen molar-refractivity contribution in [2.75, 3.05) is 5.32 Å². The van der Waals surface area contributed by atoms with Crippen molar-refractivity contribution in [3.8, 4) is 0 Å². The van der Waals surface area contributed by atoms with E-state index in [1.54, 1.807) is 37.4 Å². The molecular weight excluding hydrogens is 294 g/mol. The standard InChI is InChI=1S/C17H19N3O3/c1-11(17(22)23)12-5-7-13(8-6-12)19-16(21)14-10-18-20-9-3-2-4-15(14)20/h5-8,10-11H,2-4,9H2,1H3,(H,19,21)(H,22,23). The van der Waals surface area contributed by atoms with Crippen LogP contribution in [0.25, 0.3) is 0 Å². The number of carbonyl (C=O) groups excluding carboxylic acids is 1. The molecule has 3 rings (SSSR count). The van der Waals surface area contributed by atoms with E-state index in [1.807, 2.05) is 4.68 Å². The maximum atomic E-state index is 12.4. The number of carboxylic acid groups (broad SMARTS) is 1. The Morgan fingerprint density at radius 1 is 1.26 bits per heavy atom. The van der Waals surface area contributed by atoms with Crippen LogP contribution in [0.1, 0.15) is 47.3 Å². The first kappa shape index (κ1) is 15.3. The molecule has 0 saturated carbocycles. The Morgan fingerprint density at radius 2 is 2.00 bits per heavy atom. The van der Waals surface area contributed by atoms with Crippen LogP contribution < -0.4 is 5.32 Å².